The third-order valence-electron chi connectivity index (χ3n) is 5.46. The first-order valence-corrected chi connectivity index (χ1v) is 10.00. The molecule has 1 heterocycles. The predicted molar refractivity (Wildman–Crippen MR) is 116 cm³/mol. The van der Waals surface area contributed by atoms with Gasteiger partial charge in [0.2, 0.25) is 5.91 Å². The molecule has 6 nitrogen and oxygen atoms in total. The summed E-state index contributed by atoms with van der Waals surface area (Å²) >= 11 is 0. The Kier molecular flexibility index (Phi) is 5.75. The lowest BCUT2D eigenvalue weighted by atomic mass is 9.99. The summed E-state index contributed by atoms with van der Waals surface area (Å²) in [5.74, 6) is 0.130. The highest BCUT2D eigenvalue weighted by molar-refractivity contribution is 5.79. The summed E-state index contributed by atoms with van der Waals surface area (Å²) in [6, 6.07) is 22.6. The van der Waals surface area contributed by atoms with Crippen molar-refractivity contribution >= 4 is 17.3 Å². The van der Waals surface area contributed by atoms with Crippen molar-refractivity contribution in [3.8, 4) is 0 Å². The second kappa shape index (κ2) is 8.78. The zero-order chi connectivity index (χ0) is 20.9. The number of nitro benzene ring substituents is 1. The second-order valence-corrected chi connectivity index (χ2v) is 7.45. The molecule has 3 aromatic rings. The molecule has 30 heavy (non-hydrogen) atoms. The minimum atomic E-state index is -0.370. The number of nitrogens with one attached hydrogen (secondary N) is 1. The largest absolute Gasteiger partial charge is 0.381 e. The van der Waals surface area contributed by atoms with Gasteiger partial charge in [-0.1, -0.05) is 54.6 Å². The van der Waals surface area contributed by atoms with Gasteiger partial charge in [-0.05, 0) is 35.2 Å². The molecule has 6 heteroatoms. The number of fused-ring (bicyclic) bond motifs is 1. The van der Waals surface area contributed by atoms with Crippen molar-refractivity contribution in [1.82, 2.24) is 4.90 Å². The van der Waals surface area contributed by atoms with Crippen LogP contribution in [0.2, 0.25) is 0 Å². The number of carbonyl (C=O) groups is 1. The molecule has 152 valence electrons. The van der Waals surface area contributed by atoms with E-state index in [0.29, 0.717) is 25.1 Å². The molecule has 0 bridgehead atoms. The molecule has 0 spiro atoms. The number of benzene rings is 3. The Morgan fingerprint density at radius 1 is 0.967 bits per heavy atom. The van der Waals surface area contributed by atoms with Gasteiger partial charge in [-0.3, -0.25) is 14.9 Å². The minimum Gasteiger partial charge on any atom is -0.381 e. The highest BCUT2D eigenvalue weighted by Gasteiger charge is 2.20. The van der Waals surface area contributed by atoms with Gasteiger partial charge >= 0.3 is 0 Å². The van der Waals surface area contributed by atoms with Crippen LogP contribution in [-0.4, -0.2) is 22.3 Å². The second-order valence-electron chi connectivity index (χ2n) is 7.45. The van der Waals surface area contributed by atoms with E-state index in [1.54, 1.807) is 18.2 Å². The van der Waals surface area contributed by atoms with E-state index in [0.717, 1.165) is 24.2 Å². The van der Waals surface area contributed by atoms with Crippen LogP contribution in [0.5, 0.6) is 0 Å². The number of carbonyl (C=O) groups excluding carboxylic acids is 1. The first-order chi connectivity index (χ1) is 14.6. The molecule has 0 radical (unpaired) electrons. The van der Waals surface area contributed by atoms with Crippen LogP contribution in [0.4, 0.5) is 11.4 Å². The van der Waals surface area contributed by atoms with Crippen LogP contribution in [0.3, 0.4) is 0 Å². The van der Waals surface area contributed by atoms with Gasteiger partial charge in [0.05, 0.1) is 11.3 Å². The monoisotopic (exact) mass is 401 g/mol. The zero-order valence-corrected chi connectivity index (χ0v) is 16.6. The van der Waals surface area contributed by atoms with Crippen LogP contribution in [0.15, 0.2) is 72.8 Å². The molecule has 0 aromatic heterocycles. The standard InChI is InChI=1S/C24H23N3O3/c28-24(26-14-13-19-5-1-2-7-21(19)17-26)15-18-9-11-22(12-10-18)25-16-20-6-3-4-8-23(20)27(29)30/h1-12,25H,13-17H2. The summed E-state index contributed by atoms with van der Waals surface area (Å²) in [5, 5.41) is 14.3. The summed E-state index contributed by atoms with van der Waals surface area (Å²) < 4.78 is 0. The molecular formula is C24H23N3O3. The van der Waals surface area contributed by atoms with Crippen LogP contribution in [-0.2, 0) is 30.7 Å². The topological polar surface area (TPSA) is 75.5 Å². The van der Waals surface area contributed by atoms with Gasteiger partial charge in [0.15, 0.2) is 0 Å². The van der Waals surface area contributed by atoms with Gasteiger partial charge in [-0.2, -0.15) is 0 Å². The Morgan fingerprint density at radius 2 is 1.67 bits per heavy atom. The minimum absolute atomic E-state index is 0.107. The highest BCUT2D eigenvalue weighted by Crippen LogP contribution is 2.21. The predicted octanol–water partition coefficient (Wildman–Crippen LogP) is 4.33. The summed E-state index contributed by atoms with van der Waals surface area (Å²) in [6.45, 7) is 1.79. The molecule has 1 aliphatic rings. The Bertz CT molecular complexity index is 1060. The van der Waals surface area contributed by atoms with E-state index in [9.17, 15) is 14.9 Å². The number of rotatable bonds is 6. The molecule has 0 atom stereocenters. The van der Waals surface area contributed by atoms with Crippen LogP contribution < -0.4 is 5.32 Å². The Morgan fingerprint density at radius 3 is 2.43 bits per heavy atom. The first-order valence-electron chi connectivity index (χ1n) is 10.00. The average molecular weight is 401 g/mol. The van der Waals surface area contributed by atoms with Gasteiger partial charge < -0.3 is 10.2 Å². The van der Waals surface area contributed by atoms with Crippen LogP contribution >= 0.6 is 0 Å². The quantitative estimate of drug-likeness (QED) is 0.493. The molecule has 4 rings (SSSR count). The molecule has 0 fully saturated rings. The number of hydrogen-bond donors (Lipinski definition) is 1. The SMILES string of the molecule is O=C(Cc1ccc(NCc2ccccc2[N+](=O)[O-])cc1)N1CCc2ccccc2C1. The lowest BCUT2D eigenvalue weighted by Gasteiger charge is -2.29. The number of para-hydroxylation sites is 1. The van der Waals surface area contributed by atoms with Crippen molar-refractivity contribution in [3.63, 3.8) is 0 Å². The van der Waals surface area contributed by atoms with Crippen molar-refractivity contribution < 1.29 is 9.72 Å². The number of anilines is 1. The molecule has 3 aromatic carbocycles. The van der Waals surface area contributed by atoms with E-state index >= 15 is 0 Å². The number of hydrogen-bond acceptors (Lipinski definition) is 4. The van der Waals surface area contributed by atoms with Crippen molar-refractivity contribution in [3.05, 3.63) is 105 Å². The van der Waals surface area contributed by atoms with Crippen LogP contribution in [0, 0.1) is 10.1 Å². The summed E-state index contributed by atoms with van der Waals surface area (Å²) in [6.07, 6.45) is 1.27. The molecule has 1 amide bonds. The lowest BCUT2D eigenvalue weighted by Crippen LogP contribution is -2.36. The maximum absolute atomic E-state index is 12.7. The molecule has 1 N–H and O–H groups in total. The van der Waals surface area contributed by atoms with Crippen LogP contribution in [0.1, 0.15) is 22.3 Å². The van der Waals surface area contributed by atoms with E-state index in [1.807, 2.05) is 41.3 Å². The summed E-state index contributed by atoms with van der Waals surface area (Å²) in [7, 11) is 0. The maximum Gasteiger partial charge on any atom is 0.274 e. The van der Waals surface area contributed by atoms with Crippen molar-refractivity contribution in [2.75, 3.05) is 11.9 Å². The average Bonchev–Trinajstić information content (AvgIpc) is 2.78. The normalized spacial score (nSPS) is 12.9. The number of nitrogens with zero attached hydrogens (tertiary/aromatic N) is 2. The van der Waals surface area contributed by atoms with E-state index < -0.39 is 0 Å². The Labute approximate surface area is 175 Å². The van der Waals surface area contributed by atoms with E-state index in [2.05, 4.69) is 17.4 Å². The smallest absolute Gasteiger partial charge is 0.274 e. The van der Waals surface area contributed by atoms with Gasteiger partial charge in [0, 0.05) is 37.0 Å². The fraction of sp³-hybridized carbons (Fsp3) is 0.208. The molecule has 0 saturated heterocycles. The fourth-order valence-electron chi connectivity index (χ4n) is 3.77. The summed E-state index contributed by atoms with van der Waals surface area (Å²) in [4.78, 5) is 25.4. The number of nitro groups is 1. The summed E-state index contributed by atoms with van der Waals surface area (Å²) in [5.41, 5.74) is 5.11. The molecular weight excluding hydrogens is 378 g/mol. The van der Waals surface area contributed by atoms with Crippen molar-refractivity contribution in [2.24, 2.45) is 0 Å². The fourth-order valence-corrected chi connectivity index (χ4v) is 3.77. The van der Waals surface area contributed by atoms with E-state index in [4.69, 9.17) is 0 Å². The Hall–Kier alpha value is -3.67. The Balaban J connectivity index is 1.34. The van der Waals surface area contributed by atoms with Gasteiger partial charge in [-0.25, -0.2) is 0 Å². The number of amides is 1. The van der Waals surface area contributed by atoms with Gasteiger partial charge in [0.1, 0.15) is 0 Å². The third kappa shape index (κ3) is 4.49. The molecule has 0 unspecified atom stereocenters. The maximum atomic E-state index is 12.7. The molecule has 1 aliphatic heterocycles. The van der Waals surface area contributed by atoms with E-state index in [-0.39, 0.29) is 16.5 Å². The lowest BCUT2D eigenvalue weighted by molar-refractivity contribution is -0.385. The highest BCUT2D eigenvalue weighted by atomic mass is 16.6. The first kappa shape index (κ1) is 19.6. The van der Waals surface area contributed by atoms with Gasteiger partial charge in [-0.15, -0.1) is 0 Å². The van der Waals surface area contributed by atoms with Crippen molar-refractivity contribution in [1.29, 1.82) is 0 Å². The zero-order valence-electron chi connectivity index (χ0n) is 16.6. The third-order valence-corrected chi connectivity index (χ3v) is 5.46. The van der Waals surface area contributed by atoms with Gasteiger partial charge in [0.25, 0.3) is 5.69 Å². The molecule has 0 aliphatic carbocycles. The van der Waals surface area contributed by atoms with Crippen LogP contribution in [0.25, 0.3) is 0 Å². The van der Waals surface area contributed by atoms with Crippen molar-refractivity contribution in [2.45, 2.75) is 25.9 Å². The molecule has 0 saturated carbocycles. The van der Waals surface area contributed by atoms with E-state index in [1.165, 1.54) is 17.2 Å².